The molecule has 1 aromatic heterocycles. The highest BCUT2D eigenvalue weighted by Crippen LogP contribution is 2.19. The van der Waals surface area contributed by atoms with Gasteiger partial charge in [-0.05, 0) is 30.3 Å². The van der Waals surface area contributed by atoms with Crippen LogP contribution in [0.2, 0.25) is 5.15 Å². The number of nitriles is 1. The first kappa shape index (κ1) is 14.8. The first-order valence-corrected chi connectivity index (χ1v) is 6.27. The molecule has 0 saturated heterocycles. The number of halogens is 2. The van der Waals surface area contributed by atoms with E-state index in [9.17, 15) is 9.18 Å². The van der Waals surface area contributed by atoms with Crippen molar-refractivity contribution in [2.75, 3.05) is 17.7 Å². The van der Waals surface area contributed by atoms with E-state index in [0.29, 0.717) is 5.82 Å². The summed E-state index contributed by atoms with van der Waals surface area (Å²) in [4.78, 5) is 16.0. The third-order valence-electron chi connectivity index (χ3n) is 2.66. The normalized spacial score (nSPS) is 9.81. The number of aromatic nitrogens is 1. The van der Waals surface area contributed by atoms with E-state index in [1.54, 1.807) is 7.05 Å². The molecule has 0 aliphatic carbocycles. The van der Waals surface area contributed by atoms with Gasteiger partial charge in [0.1, 0.15) is 16.8 Å². The van der Waals surface area contributed by atoms with Gasteiger partial charge in [-0.25, -0.2) is 9.37 Å². The molecule has 2 aromatic rings. The van der Waals surface area contributed by atoms with Crippen LogP contribution < -0.4 is 10.6 Å². The van der Waals surface area contributed by atoms with E-state index in [4.69, 9.17) is 16.9 Å². The summed E-state index contributed by atoms with van der Waals surface area (Å²) >= 11 is 5.81. The number of nitrogens with one attached hydrogen (secondary N) is 2. The van der Waals surface area contributed by atoms with Gasteiger partial charge in [-0.1, -0.05) is 11.6 Å². The number of amides is 1. The summed E-state index contributed by atoms with van der Waals surface area (Å²) in [7, 11) is 1.64. The number of hydrogen-bond acceptors (Lipinski definition) is 4. The Kier molecular flexibility index (Phi) is 4.36. The molecule has 1 aromatic carbocycles. The van der Waals surface area contributed by atoms with Gasteiger partial charge in [0.25, 0.3) is 5.91 Å². The second kappa shape index (κ2) is 6.20. The average molecular weight is 305 g/mol. The molecule has 0 radical (unpaired) electrons. The summed E-state index contributed by atoms with van der Waals surface area (Å²) in [6, 6.07) is 8.47. The van der Waals surface area contributed by atoms with Gasteiger partial charge in [-0.15, -0.1) is 0 Å². The minimum atomic E-state index is -0.684. The Morgan fingerprint density at radius 3 is 2.76 bits per heavy atom. The maximum Gasteiger partial charge on any atom is 0.255 e. The summed E-state index contributed by atoms with van der Waals surface area (Å²) in [6.07, 6.45) is 0. The van der Waals surface area contributed by atoms with Crippen molar-refractivity contribution < 1.29 is 9.18 Å². The van der Waals surface area contributed by atoms with Gasteiger partial charge in [-0.3, -0.25) is 4.79 Å². The quantitative estimate of drug-likeness (QED) is 0.854. The van der Waals surface area contributed by atoms with Crippen molar-refractivity contribution in [2.24, 2.45) is 0 Å². The molecule has 7 heteroatoms. The number of pyridine rings is 1. The molecule has 1 heterocycles. The highest BCUT2D eigenvalue weighted by Gasteiger charge is 2.12. The van der Waals surface area contributed by atoms with Crippen molar-refractivity contribution in [1.29, 1.82) is 5.26 Å². The minimum absolute atomic E-state index is 0.0158. The van der Waals surface area contributed by atoms with Gasteiger partial charge in [-0.2, -0.15) is 5.26 Å². The number of anilines is 2. The van der Waals surface area contributed by atoms with Crippen molar-refractivity contribution in [3.05, 3.63) is 52.4 Å². The van der Waals surface area contributed by atoms with Crippen molar-refractivity contribution in [3.63, 3.8) is 0 Å². The fraction of sp³-hybridized carbons (Fsp3) is 0.0714. The van der Waals surface area contributed by atoms with Gasteiger partial charge in [0.15, 0.2) is 0 Å². The number of rotatable bonds is 3. The number of carbonyl (C=O) groups excluding carboxylic acids is 1. The lowest BCUT2D eigenvalue weighted by Crippen LogP contribution is -2.13. The van der Waals surface area contributed by atoms with Gasteiger partial charge >= 0.3 is 0 Å². The third-order valence-corrected chi connectivity index (χ3v) is 2.85. The van der Waals surface area contributed by atoms with E-state index >= 15 is 0 Å². The van der Waals surface area contributed by atoms with E-state index in [1.165, 1.54) is 24.3 Å². The largest absolute Gasteiger partial charge is 0.373 e. The molecule has 0 fully saturated rings. The maximum absolute atomic E-state index is 13.7. The SMILES string of the molecule is CNc1cc(C(=O)Nc2ccc(C#N)cc2F)cc(Cl)n1. The van der Waals surface area contributed by atoms with Crippen LogP contribution in [-0.4, -0.2) is 17.9 Å². The molecule has 1 amide bonds. The second-order valence-corrected chi connectivity index (χ2v) is 4.46. The molecule has 0 aliphatic heterocycles. The fourth-order valence-corrected chi connectivity index (χ4v) is 1.85. The molecule has 0 aliphatic rings. The molecular weight excluding hydrogens is 295 g/mol. The highest BCUT2D eigenvalue weighted by atomic mass is 35.5. The van der Waals surface area contributed by atoms with Crippen molar-refractivity contribution in [2.45, 2.75) is 0 Å². The zero-order valence-corrected chi connectivity index (χ0v) is 11.7. The first-order valence-electron chi connectivity index (χ1n) is 5.90. The lowest BCUT2D eigenvalue weighted by Gasteiger charge is -2.08. The van der Waals surface area contributed by atoms with Gasteiger partial charge < -0.3 is 10.6 Å². The van der Waals surface area contributed by atoms with Gasteiger partial charge in [0.05, 0.1) is 17.3 Å². The van der Waals surface area contributed by atoms with Crippen LogP contribution in [0.25, 0.3) is 0 Å². The molecule has 21 heavy (non-hydrogen) atoms. The Morgan fingerprint density at radius 1 is 1.38 bits per heavy atom. The molecule has 0 bridgehead atoms. The number of hydrogen-bond donors (Lipinski definition) is 2. The van der Waals surface area contributed by atoms with Crippen LogP contribution in [-0.2, 0) is 0 Å². The summed E-state index contributed by atoms with van der Waals surface area (Å²) in [5.41, 5.74) is 0.399. The Morgan fingerprint density at radius 2 is 2.14 bits per heavy atom. The van der Waals surface area contributed by atoms with E-state index in [-0.39, 0.29) is 22.0 Å². The van der Waals surface area contributed by atoms with Crippen molar-refractivity contribution in [3.8, 4) is 6.07 Å². The Hall–Kier alpha value is -2.65. The molecule has 0 saturated carbocycles. The van der Waals surface area contributed by atoms with E-state index < -0.39 is 11.7 Å². The molecule has 0 unspecified atom stereocenters. The second-order valence-electron chi connectivity index (χ2n) is 4.07. The Balaban J connectivity index is 2.26. The van der Waals surface area contributed by atoms with Crippen LogP contribution >= 0.6 is 11.6 Å². The van der Waals surface area contributed by atoms with Crippen LogP contribution in [0.5, 0.6) is 0 Å². The summed E-state index contributed by atoms with van der Waals surface area (Å²) in [5.74, 6) is -0.788. The van der Waals surface area contributed by atoms with Gasteiger partial charge in [0, 0.05) is 12.6 Å². The smallest absolute Gasteiger partial charge is 0.255 e. The van der Waals surface area contributed by atoms with Gasteiger partial charge in [0.2, 0.25) is 0 Å². The standard InChI is InChI=1S/C14H10ClFN4O/c1-18-13-6-9(5-12(15)20-13)14(21)19-11-3-2-8(7-17)4-10(11)16/h2-6H,1H3,(H,18,20)(H,19,21). The third kappa shape index (κ3) is 3.46. The van der Waals surface area contributed by atoms with Crippen molar-refractivity contribution >= 4 is 29.0 Å². The Bertz CT molecular complexity index is 742. The van der Waals surface area contributed by atoms with E-state index in [1.807, 2.05) is 6.07 Å². The van der Waals surface area contributed by atoms with E-state index in [0.717, 1.165) is 6.07 Å². The molecule has 0 spiro atoms. The zero-order valence-electron chi connectivity index (χ0n) is 10.9. The number of nitrogens with zero attached hydrogens (tertiary/aromatic N) is 2. The first-order chi connectivity index (χ1) is 10.0. The maximum atomic E-state index is 13.7. The molecule has 2 N–H and O–H groups in total. The lowest BCUT2D eigenvalue weighted by atomic mass is 10.2. The van der Waals surface area contributed by atoms with Crippen LogP contribution in [0.3, 0.4) is 0 Å². The zero-order chi connectivity index (χ0) is 15.4. The molecule has 0 atom stereocenters. The van der Waals surface area contributed by atoms with Crippen LogP contribution in [0, 0.1) is 17.1 Å². The van der Waals surface area contributed by atoms with Crippen molar-refractivity contribution in [1.82, 2.24) is 4.98 Å². The number of carbonyl (C=O) groups is 1. The summed E-state index contributed by atoms with van der Waals surface area (Å²) in [6.45, 7) is 0. The topological polar surface area (TPSA) is 77.8 Å². The molecule has 2 rings (SSSR count). The number of benzene rings is 1. The predicted octanol–water partition coefficient (Wildman–Crippen LogP) is 3.04. The molecule has 5 nitrogen and oxygen atoms in total. The average Bonchev–Trinajstić information content (AvgIpc) is 2.48. The fourth-order valence-electron chi connectivity index (χ4n) is 1.64. The molecule has 106 valence electrons. The predicted molar refractivity (Wildman–Crippen MR) is 77.9 cm³/mol. The summed E-state index contributed by atoms with van der Waals surface area (Å²) in [5, 5.41) is 14.0. The molecular formula is C14H10ClFN4O. The van der Waals surface area contributed by atoms with Crippen LogP contribution in [0.4, 0.5) is 15.9 Å². The highest BCUT2D eigenvalue weighted by molar-refractivity contribution is 6.30. The minimum Gasteiger partial charge on any atom is -0.373 e. The lowest BCUT2D eigenvalue weighted by molar-refractivity contribution is 0.102. The Labute approximate surface area is 125 Å². The van der Waals surface area contributed by atoms with Crippen LogP contribution in [0.15, 0.2) is 30.3 Å². The van der Waals surface area contributed by atoms with E-state index in [2.05, 4.69) is 15.6 Å². The monoisotopic (exact) mass is 304 g/mol. The summed E-state index contributed by atoms with van der Waals surface area (Å²) < 4.78 is 13.7. The van der Waals surface area contributed by atoms with Crippen LogP contribution in [0.1, 0.15) is 15.9 Å².